The van der Waals surface area contributed by atoms with Crippen molar-refractivity contribution in [2.45, 2.75) is 18.1 Å². The minimum Gasteiger partial charge on any atom is -0.264 e. The van der Waals surface area contributed by atoms with Crippen molar-refractivity contribution < 1.29 is 0 Å². The van der Waals surface area contributed by atoms with Gasteiger partial charge in [-0.1, -0.05) is 30.4 Å². The highest BCUT2D eigenvalue weighted by Gasteiger charge is 2.08. The zero-order valence-electron chi connectivity index (χ0n) is 8.89. The van der Waals surface area contributed by atoms with E-state index < -0.39 is 0 Å². The fraction of sp³-hybridized carbons (Fsp3) is 0.308. The molecule has 1 aliphatic carbocycles. The molecule has 1 aliphatic rings. The van der Waals surface area contributed by atoms with Crippen molar-refractivity contribution in [3.8, 4) is 0 Å². The Balaban J connectivity index is 2.17. The van der Waals surface area contributed by atoms with Gasteiger partial charge in [0.15, 0.2) is 0 Å². The highest BCUT2D eigenvalue weighted by atomic mass is 32.2. The highest BCUT2D eigenvalue weighted by Crippen LogP contribution is 2.25. The van der Waals surface area contributed by atoms with Crippen LogP contribution < -0.4 is 0 Å². The average molecular weight is 217 g/mol. The summed E-state index contributed by atoms with van der Waals surface area (Å²) in [5.41, 5.74) is 2.66. The zero-order valence-corrected chi connectivity index (χ0v) is 9.70. The molecular weight excluding hydrogens is 202 g/mol. The van der Waals surface area contributed by atoms with Crippen LogP contribution in [0.4, 0.5) is 0 Å². The summed E-state index contributed by atoms with van der Waals surface area (Å²) in [4.78, 5) is 4.31. The maximum Gasteiger partial charge on any atom is 0.0308 e. The second-order valence-electron chi connectivity index (χ2n) is 3.71. The third-order valence-electron chi connectivity index (χ3n) is 2.54. The molecule has 15 heavy (non-hydrogen) atoms. The van der Waals surface area contributed by atoms with Crippen LogP contribution in [0.2, 0.25) is 0 Å². The van der Waals surface area contributed by atoms with Crippen LogP contribution in [0, 0.1) is 0 Å². The van der Waals surface area contributed by atoms with Gasteiger partial charge in [-0.25, -0.2) is 0 Å². The van der Waals surface area contributed by atoms with Crippen LogP contribution in [0.1, 0.15) is 23.5 Å². The molecule has 1 heterocycles. The van der Waals surface area contributed by atoms with Gasteiger partial charge in [-0.2, -0.15) is 11.8 Å². The average Bonchev–Trinajstić information content (AvgIpc) is 2.31. The lowest BCUT2D eigenvalue weighted by Crippen LogP contribution is -1.98. The van der Waals surface area contributed by atoms with Crippen molar-refractivity contribution in [3.05, 3.63) is 53.9 Å². The Morgan fingerprint density at radius 1 is 1.40 bits per heavy atom. The Bertz CT molecular complexity index is 382. The number of hydrogen-bond donors (Lipinski definition) is 0. The standard InChI is InChI=1S/C13H15NS/c1-15-10-11-7-13(9-14-8-11)12-5-3-2-4-6-12/h2-5,7-9,12H,6,10H2,1H3. The highest BCUT2D eigenvalue weighted by molar-refractivity contribution is 7.97. The van der Waals surface area contributed by atoms with Crippen molar-refractivity contribution in [1.82, 2.24) is 4.98 Å². The van der Waals surface area contributed by atoms with E-state index in [2.05, 4.69) is 41.6 Å². The van der Waals surface area contributed by atoms with Crippen molar-refractivity contribution in [2.24, 2.45) is 0 Å². The topological polar surface area (TPSA) is 12.9 Å². The summed E-state index contributed by atoms with van der Waals surface area (Å²) in [7, 11) is 0. The molecule has 1 atom stereocenters. The Hall–Kier alpha value is -1.02. The van der Waals surface area contributed by atoms with Crippen molar-refractivity contribution in [3.63, 3.8) is 0 Å². The Kier molecular flexibility index (Phi) is 3.62. The lowest BCUT2D eigenvalue weighted by Gasteiger charge is -2.13. The summed E-state index contributed by atoms with van der Waals surface area (Å²) in [5, 5.41) is 0. The fourth-order valence-corrected chi connectivity index (χ4v) is 2.28. The molecule has 0 radical (unpaired) electrons. The summed E-state index contributed by atoms with van der Waals surface area (Å²) in [6.45, 7) is 0. The van der Waals surface area contributed by atoms with Crippen LogP contribution in [0.25, 0.3) is 0 Å². The minimum atomic E-state index is 0.518. The third-order valence-corrected chi connectivity index (χ3v) is 3.16. The van der Waals surface area contributed by atoms with Crippen molar-refractivity contribution >= 4 is 11.8 Å². The van der Waals surface area contributed by atoms with E-state index in [4.69, 9.17) is 0 Å². The maximum absolute atomic E-state index is 4.31. The van der Waals surface area contributed by atoms with Crippen LogP contribution in [-0.2, 0) is 5.75 Å². The van der Waals surface area contributed by atoms with Gasteiger partial charge in [0.05, 0.1) is 0 Å². The molecular formula is C13H15NS. The van der Waals surface area contributed by atoms with Gasteiger partial charge in [0.2, 0.25) is 0 Å². The summed E-state index contributed by atoms with van der Waals surface area (Å²) in [6, 6.07) is 2.28. The predicted molar refractivity (Wildman–Crippen MR) is 67.1 cm³/mol. The zero-order chi connectivity index (χ0) is 10.5. The van der Waals surface area contributed by atoms with Crippen LogP contribution in [-0.4, -0.2) is 11.2 Å². The van der Waals surface area contributed by atoms with Gasteiger partial charge in [0.25, 0.3) is 0 Å². The third kappa shape index (κ3) is 2.72. The first-order valence-corrected chi connectivity index (χ1v) is 6.55. The molecule has 0 aliphatic heterocycles. The Morgan fingerprint density at radius 3 is 3.07 bits per heavy atom. The molecule has 0 N–H and O–H groups in total. The molecule has 0 bridgehead atoms. The van der Waals surface area contributed by atoms with Crippen LogP contribution in [0.5, 0.6) is 0 Å². The monoisotopic (exact) mass is 217 g/mol. The van der Waals surface area contributed by atoms with Crippen LogP contribution in [0.3, 0.4) is 0 Å². The molecule has 1 aromatic heterocycles. The Labute approximate surface area is 95.3 Å². The van der Waals surface area contributed by atoms with E-state index in [0.29, 0.717) is 5.92 Å². The molecule has 2 heteroatoms. The molecule has 0 spiro atoms. The summed E-state index contributed by atoms with van der Waals surface area (Å²) in [6.07, 6.45) is 15.9. The first-order valence-electron chi connectivity index (χ1n) is 5.16. The molecule has 0 saturated heterocycles. The molecule has 0 saturated carbocycles. The van der Waals surface area contributed by atoms with E-state index in [0.717, 1.165) is 12.2 Å². The summed E-state index contributed by atoms with van der Waals surface area (Å²) in [5.74, 6) is 1.57. The molecule has 0 amide bonds. The second-order valence-corrected chi connectivity index (χ2v) is 4.58. The van der Waals surface area contributed by atoms with Crippen LogP contribution in [0.15, 0.2) is 42.8 Å². The molecule has 2 rings (SSSR count). The second kappa shape index (κ2) is 5.17. The maximum atomic E-state index is 4.31. The van der Waals surface area contributed by atoms with E-state index in [-0.39, 0.29) is 0 Å². The molecule has 78 valence electrons. The van der Waals surface area contributed by atoms with E-state index >= 15 is 0 Å². The van der Waals surface area contributed by atoms with Crippen molar-refractivity contribution in [1.29, 1.82) is 0 Å². The van der Waals surface area contributed by atoms with Crippen molar-refractivity contribution in [2.75, 3.05) is 6.26 Å². The number of hydrogen-bond acceptors (Lipinski definition) is 2. The van der Waals surface area contributed by atoms with E-state index in [1.54, 1.807) is 0 Å². The SMILES string of the molecule is CSCc1cncc(C2C=CC=CC2)c1. The van der Waals surface area contributed by atoms with Gasteiger partial charge in [-0.3, -0.25) is 4.98 Å². The first-order chi connectivity index (χ1) is 7.40. The van der Waals surface area contributed by atoms with Gasteiger partial charge < -0.3 is 0 Å². The van der Waals surface area contributed by atoms with Gasteiger partial charge in [-0.15, -0.1) is 0 Å². The molecule has 1 nitrogen and oxygen atoms in total. The number of aromatic nitrogens is 1. The summed E-state index contributed by atoms with van der Waals surface area (Å²) < 4.78 is 0. The smallest absolute Gasteiger partial charge is 0.0308 e. The van der Waals surface area contributed by atoms with Gasteiger partial charge >= 0.3 is 0 Å². The fourth-order valence-electron chi connectivity index (χ4n) is 1.78. The molecule has 0 fully saturated rings. The van der Waals surface area contributed by atoms with Gasteiger partial charge in [0, 0.05) is 24.1 Å². The first kappa shape index (κ1) is 10.5. The number of thioether (sulfide) groups is 1. The largest absolute Gasteiger partial charge is 0.264 e. The van der Waals surface area contributed by atoms with E-state index in [1.165, 1.54) is 11.1 Å². The number of allylic oxidation sites excluding steroid dienone is 4. The Morgan fingerprint density at radius 2 is 2.33 bits per heavy atom. The van der Waals surface area contributed by atoms with E-state index in [9.17, 15) is 0 Å². The van der Waals surface area contributed by atoms with Gasteiger partial charge in [0.1, 0.15) is 0 Å². The number of nitrogens with zero attached hydrogens (tertiary/aromatic N) is 1. The normalized spacial score (nSPS) is 19.4. The van der Waals surface area contributed by atoms with Crippen LogP contribution >= 0.6 is 11.8 Å². The lowest BCUT2D eigenvalue weighted by atomic mass is 9.93. The molecule has 1 aromatic rings. The number of pyridine rings is 1. The van der Waals surface area contributed by atoms with Gasteiger partial charge in [-0.05, 0) is 23.8 Å². The quantitative estimate of drug-likeness (QED) is 0.768. The molecule has 0 aromatic carbocycles. The predicted octanol–water partition coefficient (Wildman–Crippen LogP) is 3.54. The summed E-state index contributed by atoms with van der Waals surface area (Å²) >= 11 is 1.84. The van der Waals surface area contributed by atoms with E-state index in [1.807, 2.05) is 24.2 Å². The number of rotatable bonds is 3. The molecule has 1 unspecified atom stereocenters. The minimum absolute atomic E-state index is 0.518. The lowest BCUT2D eigenvalue weighted by molar-refractivity contribution is 0.844.